The molecule has 1 aromatic rings. The summed E-state index contributed by atoms with van der Waals surface area (Å²) in [6.07, 6.45) is -0.749. The van der Waals surface area contributed by atoms with Crippen molar-refractivity contribution in [3.63, 3.8) is 0 Å². The van der Waals surface area contributed by atoms with E-state index in [0.717, 1.165) is 5.56 Å². The molecule has 116 valence electrons. The lowest BCUT2D eigenvalue weighted by Gasteiger charge is -2.17. The molecule has 1 aromatic carbocycles. The SMILES string of the molecule is COC(=O)[C@H](COC(C)C)NC(=O)OCc1ccccc1. The number of amides is 1. The molecule has 0 bridgehead atoms. The van der Waals surface area contributed by atoms with E-state index >= 15 is 0 Å². The lowest BCUT2D eigenvalue weighted by atomic mass is 10.2. The van der Waals surface area contributed by atoms with Crippen LogP contribution in [-0.2, 0) is 25.6 Å². The highest BCUT2D eigenvalue weighted by Gasteiger charge is 2.23. The zero-order chi connectivity index (χ0) is 15.7. The molecule has 0 unspecified atom stereocenters. The quantitative estimate of drug-likeness (QED) is 0.777. The Labute approximate surface area is 124 Å². The molecule has 0 aliphatic carbocycles. The monoisotopic (exact) mass is 295 g/mol. The van der Waals surface area contributed by atoms with Gasteiger partial charge < -0.3 is 19.5 Å². The van der Waals surface area contributed by atoms with Crippen molar-refractivity contribution in [1.82, 2.24) is 5.32 Å². The zero-order valence-corrected chi connectivity index (χ0v) is 12.5. The summed E-state index contributed by atoms with van der Waals surface area (Å²) in [5.41, 5.74) is 0.862. The molecule has 0 aliphatic rings. The van der Waals surface area contributed by atoms with E-state index in [0.29, 0.717) is 0 Å². The number of hydrogen-bond donors (Lipinski definition) is 1. The van der Waals surface area contributed by atoms with Crippen molar-refractivity contribution in [2.75, 3.05) is 13.7 Å². The molecule has 1 N–H and O–H groups in total. The van der Waals surface area contributed by atoms with Crippen molar-refractivity contribution in [2.45, 2.75) is 32.6 Å². The maximum Gasteiger partial charge on any atom is 0.408 e. The van der Waals surface area contributed by atoms with Gasteiger partial charge in [0.2, 0.25) is 0 Å². The Morgan fingerprint density at radius 3 is 2.43 bits per heavy atom. The number of rotatable bonds is 7. The van der Waals surface area contributed by atoms with Gasteiger partial charge in [0, 0.05) is 0 Å². The number of esters is 1. The Kier molecular flexibility index (Phi) is 7.25. The summed E-state index contributed by atoms with van der Waals surface area (Å²) in [6.45, 7) is 3.83. The second-order valence-corrected chi connectivity index (χ2v) is 4.66. The first-order valence-electron chi connectivity index (χ1n) is 6.69. The lowest BCUT2D eigenvalue weighted by molar-refractivity contribution is -0.145. The van der Waals surface area contributed by atoms with Gasteiger partial charge in [0.15, 0.2) is 6.04 Å². The minimum Gasteiger partial charge on any atom is -0.467 e. The van der Waals surface area contributed by atoms with Gasteiger partial charge in [0.1, 0.15) is 6.61 Å². The van der Waals surface area contributed by atoms with Crippen molar-refractivity contribution in [3.8, 4) is 0 Å². The van der Waals surface area contributed by atoms with E-state index in [1.54, 1.807) is 0 Å². The molecule has 0 fully saturated rings. The predicted octanol–water partition coefficient (Wildman–Crippen LogP) is 1.88. The fraction of sp³-hybridized carbons (Fsp3) is 0.467. The van der Waals surface area contributed by atoms with Gasteiger partial charge in [-0.25, -0.2) is 9.59 Å². The van der Waals surface area contributed by atoms with Gasteiger partial charge in [-0.15, -0.1) is 0 Å². The number of carbonyl (C=O) groups is 2. The third-order valence-corrected chi connectivity index (χ3v) is 2.59. The molecule has 0 saturated heterocycles. The van der Waals surface area contributed by atoms with Gasteiger partial charge in [-0.05, 0) is 19.4 Å². The van der Waals surface area contributed by atoms with Crippen LogP contribution in [0.4, 0.5) is 4.79 Å². The van der Waals surface area contributed by atoms with Gasteiger partial charge in [-0.3, -0.25) is 0 Å². The zero-order valence-electron chi connectivity index (χ0n) is 12.5. The van der Waals surface area contributed by atoms with Crippen LogP contribution < -0.4 is 5.32 Å². The molecule has 0 aliphatic heterocycles. The largest absolute Gasteiger partial charge is 0.467 e. The molecule has 1 atom stereocenters. The smallest absolute Gasteiger partial charge is 0.408 e. The summed E-state index contributed by atoms with van der Waals surface area (Å²) in [5.74, 6) is -0.577. The van der Waals surface area contributed by atoms with Gasteiger partial charge in [-0.1, -0.05) is 30.3 Å². The Morgan fingerprint density at radius 1 is 1.19 bits per heavy atom. The number of nitrogens with one attached hydrogen (secondary N) is 1. The summed E-state index contributed by atoms with van der Waals surface area (Å²) in [5, 5.41) is 2.43. The third kappa shape index (κ3) is 6.76. The number of carbonyl (C=O) groups excluding carboxylic acids is 2. The van der Waals surface area contributed by atoms with Crippen LogP contribution in [0, 0.1) is 0 Å². The molecule has 1 amide bonds. The molecule has 6 heteroatoms. The highest BCUT2D eigenvalue weighted by Crippen LogP contribution is 2.01. The van der Waals surface area contributed by atoms with Crippen LogP contribution in [0.1, 0.15) is 19.4 Å². The molecular formula is C15H21NO5. The van der Waals surface area contributed by atoms with Crippen molar-refractivity contribution in [3.05, 3.63) is 35.9 Å². The standard InChI is InChI=1S/C15H21NO5/c1-11(2)20-10-13(14(17)19-3)16-15(18)21-9-12-7-5-4-6-8-12/h4-8,11,13H,9-10H2,1-3H3,(H,16,18)/t13-/m0/s1. The number of alkyl carbamates (subject to hydrolysis) is 1. The second kappa shape index (κ2) is 8.97. The Bertz CT molecular complexity index is 447. The summed E-state index contributed by atoms with van der Waals surface area (Å²) in [7, 11) is 1.25. The van der Waals surface area contributed by atoms with E-state index in [2.05, 4.69) is 10.1 Å². The Hall–Kier alpha value is -2.08. The topological polar surface area (TPSA) is 73.9 Å². The van der Waals surface area contributed by atoms with E-state index in [1.807, 2.05) is 44.2 Å². The summed E-state index contributed by atoms with van der Waals surface area (Å²) in [6, 6.07) is 8.37. The van der Waals surface area contributed by atoms with E-state index in [1.165, 1.54) is 7.11 Å². The van der Waals surface area contributed by atoms with Crippen LogP contribution in [0.3, 0.4) is 0 Å². The van der Waals surface area contributed by atoms with Crippen molar-refractivity contribution in [1.29, 1.82) is 0 Å². The molecular weight excluding hydrogens is 274 g/mol. The Morgan fingerprint density at radius 2 is 1.86 bits per heavy atom. The van der Waals surface area contributed by atoms with Crippen LogP contribution in [0.2, 0.25) is 0 Å². The molecule has 21 heavy (non-hydrogen) atoms. The summed E-state index contributed by atoms with van der Waals surface area (Å²) in [4.78, 5) is 23.3. The average molecular weight is 295 g/mol. The Balaban J connectivity index is 2.45. The first-order valence-corrected chi connectivity index (χ1v) is 6.69. The predicted molar refractivity (Wildman–Crippen MR) is 76.7 cm³/mol. The summed E-state index contributed by atoms with van der Waals surface area (Å²) >= 11 is 0. The number of benzene rings is 1. The first kappa shape index (κ1) is 17.0. The van der Waals surface area contributed by atoms with Crippen molar-refractivity contribution >= 4 is 12.1 Å². The maximum atomic E-state index is 11.7. The maximum absolute atomic E-state index is 11.7. The summed E-state index contributed by atoms with van der Waals surface area (Å²) < 4.78 is 15.0. The van der Waals surface area contributed by atoms with Gasteiger partial charge >= 0.3 is 12.1 Å². The van der Waals surface area contributed by atoms with Crippen LogP contribution in [0.25, 0.3) is 0 Å². The molecule has 6 nitrogen and oxygen atoms in total. The van der Waals surface area contributed by atoms with E-state index in [-0.39, 0.29) is 19.3 Å². The van der Waals surface area contributed by atoms with Crippen LogP contribution in [-0.4, -0.2) is 37.9 Å². The minimum absolute atomic E-state index is 0.0325. The van der Waals surface area contributed by atoms with E-state index in [9.17, 15) is 9.59 Å². The number of hydrogen-bond acceptors (Lipinski definition) is 5. The molecule has 0 saturated carbocycles. The molecule has 0 radical (unpaired) electrons. The molecule has 1 rings (SSSR count). The fourth-order valence-electron chi connectivity index (χ4n) is 1.51. The van der Waals surface area contributed by atoms with E-state index in [4.69, 9.17) is 9.47 Å². The van der Waals surface area contributed by atoms with Gasteiger partial charge in [0.25, 0.3) is 0 Å². The normalized spacial score (nSPS) is 11.8. The van der Waals surface area contributed by atoms with Gasteiger partial charge in [-0.2, -0.15) is 0 Å². The third-order valence-electron chi connectivity index (χ3n) is 2.59. The van der Waals surface area contributed by atoms with Gasteiger partial charge in [0.05, 0.1) is 19.8 Å². The van der Waals surface area contributed by atoms with Crippen molar-refractivity contribution < 1.29 is 23.8 Å². The highest BCUT2D eigenvalue weighted by atomic mass is 16.6. The second-order valence-electron chi connectivity index (χ2n) is 4.66. The molecule has 0 aromatic heterocycles. The average Bonchev–Trinajstić information content (AvgIpc) is 2.49. The van der Waals surface area contributed by atoms with E-state index < -0.39 is 18.1 Å². The minimum atomic E-state index is -0.888. The molecule has 0 heterocycles. The number of methoxy groups -OCH3 is 1. The highest BCUT2D eigenvalue weighted by molar-refractivity contribution is 5.81. The van der Waals surface area contributed by atoms with Crippen LogP contribution >= 0.6 is 0 Å². The molecule has 0 spiro atoms. The fourth-order valence-corrected chi connectivity index (χ4v) is 1.51. The lowest BCUT2D eigenvalue weighted by Crippen LogP contribution is -2.45. The first-order chi connectivity index (χ1) is 10.0. The number of ether oxygens (including phenoxy) is 3. The van der Waals surface area contributed by atoms with Crippen LogP contribution in [0.15, 0.2) is 30.3 Å². The van der Waals surface area contributed by atoms with Crippen molar-refractivity contribution in [2.24, 2.45) is 0 Å². The van der Waals surface area contributed by atoms with Crippen LogP contribution in [0.5, 0.6) is 0 Å².